The van der Waals surface area contributed by atoms with Gasteiger partial charge in [-0.2, -0.15) is 0 Å². The molecular formula is C13H13NO2. The van der Waals surface area contributed by atoms with Gasteiger partial charge in [-0.05, 0) is 31.2 Å². The highest BCUT2D eigenvalue weighted by molar-refractivity contribution is 5.67. The molecule has 3 heteroatoms. The minimum atomic E-state index is 0.0283. The van der Waals surface area contributed by atoms with E-state index in [1.165, 1.54) is 17.7 Å². The summed E-state index contributed by atoms with van der Waals surface area (Å²) in [7, 11) is 0. The van der Waals surface area contributed by atoms with Gasteiger partial charge in [0.1, 0.15) is 11.5 Å². The summed E-state index contributed by atoms with van der Waals surface area (Å²) < 4.78 is 0. The Morgan fingerprint density at radius 3 is 2.25 bits per heavy atom. The molecule has 0 spiro atoms. The number of phenolic OH excluding ortho intramolecular Hbond substituents is 2. The van der Waals surface area contributed by atoms with Crippen LogP contribution in [0.1, 0.15) is 5.56 Å². The number of aromatic hydroxyl groups is 2. The molecule has 0 aliphatic rings. The summed E-state index contributed by atoms with van der Waals surface area (Å²) in [5, 5.41) is 21.8. The second-order valence-corrected chi connectivity index (χ2v) is 3.69. The third kappa shape index (κ3) is 2.25. The fourth-order valence-electron chi connectivity index (χ4n) is 1.42. The van der Waals surface area contributed by atoms with Crippen molar-refractivity contribution < 1.29 is 10.2 Å². The van der Waals surface area contributed by atoms with Crippen LogP contribution in [-0.4, -0.2) is 10.2 Å². The van der Waals surface area contributed by atoms with Crippen LogP contribution in [0.25, 0.3) is 0 Å². The molecule has 2 rings (SSSR count). The standard InChI is InChI=1S/C13H13NO2/c1-9-2-4-10(5-3-9)14-12-7-6-11(15)8-13(12)16/h2-8,14-16H,1H3. The summed E-state index contributed by atoms with van der Waals surface area (Å²) >= 11 is 0. The Balaban J connectivity index is 2.23. The SMILES string of the molecule is Cc1ccc(Nc2ccc(O)cc2O)cc1. The molecule has 0 atom stereocenters. The zero-order chi connectivity index (χ0) is 11.5. The minimum Gasteiger partial charge on any atom is -0.508 e. The Labute approximate surface area is 94.0 Å². The van der Waals surface area contributed by atoms with E-state index >= 15 is 0 Å². The first kappa shape index (κ1) is 10.4. The van der Waals surface area contributed by atoms with Crippen LogP contribution in [0.15, 0.2) is 42.5 Å². The number of phenols is 2. The van der Waals surface area contributed by atoms with Gasteiger partial charge >= 0.3 is 0 Å². The van der Waals surface area contributed by atoms with E-state index in [9.17, 15) is 5.11 Å². The van der Waals surface area contributed by atoms with Gasteiger partial charge in [-0.1, -0.05) is 17.7 Å². The highest BCUT2D eigenvalue weighted by Gasteiger charge is 2.02. The Bertz CT molecular complexity index is 492. The molecule has 2 aromatic carbocycles. The molecule has 16 heavy (non-hydrogen) atoms. The van der Waals surface area contributed by atoms with Gasteiger partial charge in [0.25, 0.3) is 0 Å². The predicted molar refractivity (Wildman–Crippen MR) is 64.2 cm³/mol. The Morgan fingerprint density at radius 2 is 1.62 bits per heavy atom. The first-order chi connectivity index (χ1) is 7.65. The molecule has 0 radical (unpaired) electrons. The smallest absolute Gasteiger partial charge is 0.142 e. The second kappa shape index (κ2) is 4.14. The number of hydrogen-bond donors (Lipinski definition) is 3. The molecule has 0 aliphatic carbocycles. The van der Waals surface area contributed by atoms with Gasteiger partial charge in [0.2, 0.25) is 0 Å². The molecule has 3 nitrogen and oxygen atoms in total. The number of anilines is 2. The summed E-state index contributed by atoms with van der Waals surface area (Å²) in [6.45, 7) is 2.02. The lowest BCUT2D eigenvalue weighted by Crippen LogP contribution is -1.90. The highest BCUT2D eigenvalue weighted by atomic mass is 16.3. The molecule has 82 valence electrons. The lowest BCUT2D eigenvalue weighted by Gasteiger charge is -2.08. The van der Waals surface area contributed by atoms with Gasteiger partial charge in [-0.3, -0.25) is 0 Å². The van der Waals surface area contributed by atoms with Crippen molar-refractivity contribution in [2.24, 2.45) is 0 Å². The normalized spacial score (nSPS) is 10.1. The largest absolute Gasteiger partial charge is 0.508 e. The second-order valence-electron chi connectivity index (χ2n) is 3.69. The summed E-state index contributed by atoms with van der Waals surface area (Å²) in [6, 6.07) is 12.3. The summed E-state index contributed by atoms with van der Waals surface area (Å²) in [5.74, 6) is 0.0764. The van der Waals surface area contributed by atoms with Gasteiger partial charge in [0.15, 0.2) is 0 Å². The zero-order valence-corrected chi connectivity index (χ0v) is 8.94. The first-order valence-electron chi connectivity index (χ1n) is 5.01. The number of hydrogen-bond acceptors (Lipinski definition) is 3. The molecule has 0 bridgehead atoms. The fourth-order valence-corrected chi connectivity index (χ4v) is 1.42. The minimum absolute atomic E-state index is 0.0283. The molecular weight excluding hydrogens is 202 g/mol. The predicted octanol–water partition coefficient (Wildman–Crippen LogP) is 3.15. The molecule has 0 aromatic heterocycles. The van der Waals surface area contributed by atoms with Crippen LogP contribution in [0.5, 0.6) is 11.5 Å². The van der Waals surface area contributed by atoms with Crippen LogP contribution in [0.2, 0.25) is 0 Å². The van der Waals surface area contributed by atoms with Crippen molar-refractivity contribution >= 4 is 11.4 Å². The van der Waals surface area contributed by atoms with Crippen LogP contribution in [-0.2, 0) is 0 Å². The summed E-state index contributed by atoms with van der Waals surface area (Å²) in [4.78, 5) is 0. The van der Waals surface area contributed by atoms with Gasteiger partial charge in [0.05, 0.1) is 5.69 Å². The summed E-state index contributed by atoms with van der Waals surface area (Å²) in [6.07, 6.45) is 0. The van der Waals surface area contributed by atoms with Crippen molar-refractivity contribution in [3.8, 4) is 11.5 Å². The molecule has 3 N–H and O–H groups in total. The Kier molecular flexibility index (Phi) is 2.68. The lowest BCUT2D eigenvalue weighted by molar-refractivity contribution is 0.452. The maximum atomic E-state index is 9.58. The van der Waals surface area contributed by atoms with E-state index in [-0.39, 0.29) is 11.5 Å². The van der Waals surface area contributed by atoms with Crippen molar-refractivity contribution in [1.82, 2.24) is 0 Å². The number of benzene rings is 2. The molecule has 0 amide bonds. The molecule has 0 heterocycles. The van der Waals surface area contributed by atoms with Crippen molar-refractivity contribution in [2.45, 2.75) is 6.92 Å². The summed E-state index contributed by atoms with van der Waals surface area (Å²) in [5.41, 5.74) is 2.65. The molecule has 0 aliphatic heterocycles. The van der Waals surface area contributed by atoms with Crippen LogP contribution in [0.3, 0.4) is 0 Å². The number of aryl methyl sites for hydroxylation is 1. The fraction of sp³-hybridized carbons (Fsp3) is 0.0769. The molecule has 0 fully saturated rings. The molecule has 2 aromatic rings. The maximum Gasteiger partial charge on any atom is 0.142 e. The van der Waals surface area contributed by atoms with Crippen molar-refractivity contribution in [3.63, 3.8) is 0 Å². The van der Waals surface area contributed by atoms with E-state index in [4.69, 9.17) is 5.11 Å². The first-order valence-corrected chi connectivity index (χ1v) is 5.01. The topological polar surface area (TPSA) is 52.5 Å². The third-order valence-corrected chi connectivity index (χ3v) is 2.31. The van der Waals surface area contributed by atoms with Gasteiger partial charge < -0.3 is 15.5 Å². The van der Waals surface area contributed by atoms with Crippen molar-refractivity contribution in [3.05, 3.63) is 48.0 Å². The van der Waals surface area contributed by atoms with Crippen LogP contribution in [0, 0.1) is 6.92 Å². The molecule has 0 saturated heterocycles. The Hall–Kier alpha value is -2.16. The van der Waals surface area contributed by atoms with Gasteiger partial charge in [-0.25, -0.2) is 0 Å². The van der Waals surface area contributed by atoms with Gasteiger partial charge in [0, 0.05) is 11.8 Å². The van der Waals surface area contributed by atoms with E-state index in [1.54, 1.807) is 6.07 Å². The number of nitrogens with one attached hydrogen (secondary N) is 1. The lowest BCUT2D eigenvalue weighted by atomic mass is 10.2. The van der Waals surface area contributed by atoms with E-state index < -0.39 is 0 Å². The van der Waals surface area contributed by atoms with E-state index in [2.05, 4.69) is 5.32 Å². The van der Waals surface area contributed by atoms with E-state index in [0.29, 0.717) is 5.69 Å². The Morgan fingerprint density at radius 1 is 0.938 bits per heavy atom. The number of rotatable bonds is 2. The van der Waals surface area contributed by atoms with Gasteiger partial charge in [-0.15, -0.1) is 0 Å². The maximum absolute atomic E-state index is 9.58. The zero-order valence-electron chi connectivity index (χ0n) is 8.94. The molecule has 0 unspecified atom stereocenters. The average molecular weight is 215 g/mol. The average Bonchev–Trinajstić information content (AvgIpc) is 2.25. The van der Waals surface area contributed by atoms with Crippen LogP contribution in [0.4, 0.5) is 11.4 Å². The van der Waals surface area contributed by atoms with Crippen molar-refractivity contribution in [1.29, 1.82) is 0 Å². The van der Waals surface area contributed by atoms with E-state index in [0.717, 1.165) is 5.69 Å². The highest BCUT2D eigenvalue weighted by Crippen LogP contribution is 2.29. The molecule has 0 saturated carbocycles. The monoisotopic (exact) mass is 215 g/mol. The van der Waals surface area contributed by atoms with Crippen LogP contribution < -0.4 is 5.32 Å². The van der Waals surface area contributed by atoms with Crippen LogP contribution >= 0.6 is 0 Å². The third-order valence-electron chi connectivity index (χ3n) is 2.31. The quantitative estimate of drug-likeness (QED) is 0.532. The van der Waals surface area contributed by atoms with E-state index in [1.807, 2.05) is 31.2 Å². The van der Waals surface area contributed by atoms with Crippen molar-refractivity contribution in [2.75, 3.05) is 5.32 Å².